The number of hydrogen-bond acceptors (Lipinski definition) is 4. The fourth-order valence-corrected chi connectivity index (χ4v) is 0.304. The number of carbonyl (C=O) groups excluding carboxylic acids is 2. The first-order valence-corrected chi connectivity index (χ1v) is 2.80. The van der Waals surface area contributed by atoms with Crippen LogP contribution in [0.5, 0.6) is 0 Å². The summed E-state index contributed by atoms with van der Waals surface area (Å²) in [5, 5.41) is 9.06. The molecule has 0 atom stereocenters. The maximum absolute atomic E-state index is 11.4. The third-order valence-corrected chi connectivity index (χ3v) is 0.684. The Labute approximate surface area is 70.1 Å². The Morgan fingerprint density at radius 1 is 1.46 bits per heavy atom. The van der Waals surface area contributed by atoms with E-state index in [0.717, 1.165) is 6.07 Å². The highest BCUT2D eigenvalue weighted by molar-refractivity contribution is 6.00. The molecule has 0 saturated heterocycles. The first-order valence-electron chi connectivity index (χ1n) is 2.80. The van der Waals surface area contributed by atoms with Crippen molar-refractivity contribution in [2.45, 2.75) is 6.18 Å². The van der Waals surface area contributed by atoms with E-state index in [1.807, 2.05) is 0 Å². The molecule has 1 N–H and O–H groups in total. The molecule has 0 unspecified atom stereocenters. The van der Waals surface area contributed by atoms with Crippen LogP contribution in [0, 0.1) is 11.3 Å². The SMILES string of the molecule is N#CC(=O)NC(=O)OCC(F)(F)F. The molecule has 2 amide bonds. The van der Waals surface area contributed by atoms with Crippen LogP contribution in [0.15, 0.2) is 0 Å². The number of imide groups is 1. The van der Waals surface area contributed by atoms with Crippen LogP contribution >= 0.6 is 0 Å². The molecule has 0 heterocycles. The van der Waals surface area contributed by atoms with Gasteiger partial charge < -0.3 is 4.74 Å². The number of halogens is 3. The second-order valence-electron chi connectivity index (χ2n) is 1.76. The van der Waals surface area contributed by atoms with Gasteiger partial charge in [0.1, 0.15) is 0 Å². The van der Waals surface area contributed by atoms with Gasteiger partial charge in [-0.2, -0.15) is 18.4 Å². The highest BCUT2D eigenvalue weighted by Gasteiger charge is 2.29. The lowest BCUT2D eigenvalue weighted by Crippen LogP contribution is -2.32. The van der Waals surface area contributed by atoms with E-state index in [1.165, 1.54) is 5.32 Å². The molecule has 72 valence electrons. The summed E-state index contributed by atoms with van der Waals surface area (Å²) in [7, 11) is 0. The number of amides is 2. The quantitative estimate of drug-likeness (QED) is 0.612. The third kappa shape index (κ3) is 6.61. The van der Waals surface area contributed by atoms with Crippen LogP contribution in [0.2, 0.25) is 0 Å². The van der Waals surface area contributed by atoms with Gasteiger partial charge >= 0.3 is 18.2 Å². The van der Waals surface area contributed by atoms with Gasteiger partial charge in [-0.15, -0.1) is 0 Å². The van der Waals surface area contributed by atoms with E-state index >= 15 is 0 Å². The molecule has 5 nitrogen and oxygen atoms in total. The minimum absolute atomic E-state index is 0.961. The largest absolute Gasteiger partial charge is 0.440 e. The summed E-state index contributed by atoms with van der Waals surface area (Å²) in [5.74, 6) is -1.38. The highest BCUT2D eigenvalue weighted by Crippen LogP contribution is 2.14. The number of nitrogens with zero attached hydrogens (tertiary/aromatic N) is 1. The Bertz CT molecular complexity index is 255. The summed E-state index contributed by atoms with van der Waals surface area (Å²) in [6.07, 6.45) is -6.27. The number of alkyl carbamates (subject to hydrolysis) is 1. The zero-order valence-corrected chi connectivity index (χ0v) is 6.01. The lowest BCUT2D eigenvalue weighted by molar-refractivity contribution is -0.160. The van der Waals surface area contributed by atoms with Gasteiger partial charge in [0.25, 0.3) is 0 Å². The normalized spacial score (nSPS) is 10.0. The molecule has 0 aromatic rings. The van der Waals surface area contributed by atoms with Crippen molar-refractivity contribution in [2.75, 3.05) is 6.61 Å². The number of carbonyl (C=O) groups is 2. The first-order chi connectivity index (χ1) is 5.85. The molecule has 0 rings (SSSR count). The van der Waals surface area contributed by atoms with E-state index in [4.69, 9.17) is 5.26 Å². The average molecular weight is 196 g/mol. The molecule has 0 aromatic carbocycles. The molecule has 13 heavy (non-hydrogen) atoms. The van der Waals surface area contributed by atoms with Crippen molar-refractivity contribution in [1.82, 2.24) is 5.32 Å². The predicted octanol–water partition coefficient (Wildman–Crippen LogP) is 0.325. The molecule has 0 aliphatic heterocycles. The van der Waals surface area contributed by atoms with Crippen molar-refractivity contribution >= 4 is 12.0 Å². The summed E-state index contributed by atoms with van der Waals surface area (Å²) in [5.41, 5.74) is 0. The van der Waals surface area contributed by atoms with Gasteiger partial charge in [-0.1, -0.05) is 0 Å². The fourth-order valence-electron chi connectivity index (χ4n) is 0.304. The molecule has 0 aromatic heterocycles. The second-order valence-corrected chi connectivity index (χ2v) is 1.76. The van der Waals surface area contributed by atoms with Crippen LogP contribution < -0.4 is 5.32 Å². The van der Waals surface area contributed by atoms with Gasteiger partial charge in [-0.25, -0.2) is 10.1 Å². The van der Waals surface area contributed by atoms with Gasteiger partial charge in [-0.05, 0) is 0 Å². The highest BCUT2D eigenvalue weighted by atomic mass is 19.4. The number of nitrogens with one attached hydrogen (secondary N) is 1. The number of ether oxygens (including phenoxy) is 1. The Morgan fingerprint density at radius 3 is 2.38 bits per heavy atom. The van der Waals surface area contributed by atoms with Gasteiger partial charge in [-0.3, -0.25) is 4.79 Å². The molecule has 0 spiro atoms. The minimum Gasteiger partial charge on any atom is -0.440 e. The predicted molar refractivity (Wildman–Crippen MR) is 31.2 cm³/mol. The maximum atomic E-state index is 11.4. The topological polar surface area (TPSA) is 79.2 Å². The maximum Gasteiger partial charge on any atom is 0.422 e. The van der Waals surface area contributed by atoms with E-state index in [9.17, 15) is 22.8 Å². The zero-order chi connectivity index (χ0) is 10.5. The molecule has 0 radical (unpaired) electrons. The monoisotopic (exact) mass is 196 g/mol. The van der Waals surface area contributed by atoms with Crippen molar-refractivity contribution in [3.8, 4) is 6.07 Å². The van der Waals surface area contributed by atoms with Crippen LogP contribution in [0.4, 0.5) is 18.0 Å². The van der Waals surface area contributed by atoms with Crippen molar-refractivity contribution in [3.05, 3.63) is 0 Å². The first kappa shape index (κ1) is 11.2. The molecule has 0 bridgehead atoms. The molecule has 8 heteroatoms. The van der Waals surface area contributed by atoms with Crippen molar-refractivity contribution in [1.29, 1.82) is 5.26 Å². The Hall–Kier alpha value is -1.78. The Balaban J connectivity index is 3.79. The average Bonchev–Trinajstić information content (AvgIpc) is 1.99. The summed E-state index contributed by atoms with van der Waals surface area (Å²) >= 11 is 0. The molecule has 0 fully saturated rings. The number of alkyl halides is 3. The van der Waals surface area contributed by atoms with Crippen molar-refractivity contribution in [2.24, 2.45) is 0 Å². The number of hydrogen-bond donors (Lipinski definition) is 1. The van der Waals surface area contributed by atoms with Gasteiger partial charge in [0.2, 0.25) is 0 Å². The molecule has 0 aliphatic rings. The van der Waals surface area contributed by atoms with E-state index in [1.54, 1.807) is 0 Å². The van der Waals surface area contributed by atoms with Crippen LogP contribution in [0.25, 0.3) is 0 Å². The second kappa shape index (κ2) is 4.30. The standard InChI is InChI=1S/C5H3F3N2O3/c6-5(7,8)2-13-4(12)10-3(11)1-9/h2H2,(H,10,11,12). The van der Waals surface area contributed by atoms with Crippen LogP contribution in [-0.2, 0) is 9.53 Å². The molecule has 0 aliphatic carbocycles. The lowest BCUT2D eigenvalue weighted by atomic mass is 10.7. The molecular weight excluding hydrogens is 193 g/mol. The van der Waals surface area contributed by atoms with Gasteiger partial charge in [0.05, 0.1) is 0 Å². The third-order valence-electron chi connectivity index (χ3n) is 0.684. The fraction of sp³-hybridized carbons (Fsp3) is 0.400. The number of rotatable bonds is 1. The van der Waals surface area contributed by atoms with Gasteiger partial charge in [0.15, 0.2) is 12.7 Å². The minimum atomic E-state index is -4.66. The van der Waals surface area contributed by atoms with Crippen LogP contribution in [0.1, 0.15) is 0 Å². The van der Waals surface area contributed by atoms with E-state index < -0.39 is 24.8 Å². The lowest BCUT2D eigenvalue weighted by Gasteiger charge is -2.06. The number of nitriles is 1. The van der Waals surface area contributed by atoms with Crippen LogP contribution in [-0.4, -0.2) is 24.8 Å². The molecule has 0 saturated carbocycles. The Kier molecular flexibility index (Phi) is 3.71. The Morgan fingerprint density at radius 2 is 2.00 bits per heavy atom. The van der Waals surface area contributed by atoms with Gasteiger partial charge in [0, 0.05) is 0 Å². The van der Waals surface area contributed by atoms with Crippen molar-refractivity contribution in [3.63, 3.8) is 0 Å². The summed E-state index contributed by atoms with van der Waals surface area (Å²) < 4.78 is 37.7. The molecular formula is C5H3F3N2O3. The van der Waals surface area contributed by atoms with E-state index in [2.05, 4.69) is 4.74 Å². The van der Waals surface area contributed by atoms with E-state index in [0.29, 0.717) is 0 Å². The smallest absolute Gasteiger partial charge is 0.422 e. The van der Waals surface area contributed by atoms with Crippen LogP contribution in [0.3, 0.4) is 0 Å². The zero-order valence-electron chi connectivity index (χ0n) is 6.01. The summed E-state index contributed by atoms with van der Waals surface area (Å²) in [4.78, 5) is 20.3. The summed E-state index contributed by atoms with van der Waals surface area (Å²) in [6.45, 7) is -1.81. The van der Waals surface area contributed by atoms with E-state index in [-0.39, 0.29) is 0 Å². The van der Waals surface area contributed by atoms with Crippen molar-refractivity contribution < 1.29 is 27.5 Å². The summed E-state index contributed by atoms with van der Waals surface area (Å²) in [6, 6.07) is 0.961.